The number of anilines is 1. The molecule has 1 aliphatic rings. The number of likely N-dealkylation sites (N-methyl/N-ethyl adjacent to an activating group) is 1. The monoisotopic (exact) mass is 284 g/mol. The van der Waals surface area contributed by atoms with Crippen molar-refractivity contribution in [3.05, 3.63) is 18.3 Å². The lowest BCUT2D eigenvalue weighted by Crippen LogP contribution is -2.35. The van der Waals surface area contributed by atoms with Crippen molar-refractivity contribution in [1.29, 1.82) is 0 Å². The lowest BCUT2D eigenvalue weighted by molar-refractivity contribution is 0.309. The van der Waals surface area contributed by atoms with Crippen LogP contribution in [-0.2, 0) is 10.0 Å². The average molecular weight is 284 g/mol. The van der Waals surface area contributed by atoms with E-state index >= 15 is 0 Å². The molecule has 0 unspecified atom stereocenters. The summed E-state index contributed by atoms with van der Waals surface area (Å²) in [5, 5.41) is -0.0566. The number of pyridine rings is 1. The van der Waals surface area contributed by atoms with E-state index in [9.17, 15) is 8.42 Å². The number of nitrogens with zero attached hydrogens (tertiary/aromatic N) is 3. The van der Waals surface area contributed by atoms with Crippen molar-refractivity contribution < 1.29 is 8.42 Å². The summed E-state index contributed by atoms with van der Waals surface area (Å²) in [7, 11) is -2.02. The highest BCUT2D eigenvalue weighted by Gasteiger charge is 2.25. The number of hydrogen-bond donors (Lipinski definition) is 1. The van der Waals surface area contributed by atoms with Crippen molar-refractivity contribution >= 4 is 15.7 Å². The lowest BCUT2D eigenvalue weighted by Gasteiger charge is -2.21. The van der Waals surface area contributed by atoms with Crippen molar-refractivity contribution in [2.45, 2.75) is 17.9 Å². The van der Waals surface area contributed by atoms with Crippen LogP contribution in [0.5, 0.6) is 0 Å². The molecule has 0 aliphatic carbocycles. The van der Waals surface area contributed by atoms with Gasteiger partial charge in [-0.2, -0.15) is 4.31 Å². The van der Waals surface area contributed by atoms with Gasteiger partial charge < -0.3 is 10.6 Å². The van der Waals surface area contributed by atoms with Gasteiger partial charge in [0.1, 0.15) is 0 Å². The highest BCUT2D eigenvalue weighted by molar-refractivity contribution is 7.89. The van der Waals surface area contributed by atoms with Crippen LogP contribution in [0.15, 0.2) is 23.4 Å². The Balaban J connectivity index is 2.04. The first kappa shape index (κ1) is 14.2. The Labute approximate surface area is 114 Å². The number of likely N-dealkylation sites (tertiary alicyclic amines) is 1. The van der Waals surface area contributed by atoms with E-state index in [2.05, 4.69) is 9.88 Å². The molecule has 19 heavy (non-hydrogen) atoms. The van der Waals surface area contributed by atoms with E-state index in [0.29, 0.717) is 6.54 Å². The highest BCUT2D eigenvalue weighted by atomic mass is 32.2. The molecule has 0 saturated carbocycles. The first-order chi connectivity index (χ1) is 9.01. The fourth-order valence-corrected chi connectivity index (χ4v) is 3.35. The van der Waals surface area contributed by atoms with Crippen molar-refractivity contribution in [2.75, 3.05) is 39.0 Å². The van der Waals surface area contributed by atoms with Gasteiger partial charge in [0, 0.05) is 26.3 Å². The predicted octanol–water partition coefficient (Wildman–Crippen LogP) is 0.380. The minimum atomic E-state index is -3.59. The molecular formula is C12H20N4O2S. The van der Waals surface area contributed by atoms with Crippen molar-refractivity contribution in [3.63, 3.8) is 0 Å². The van der Waals surface area contributed by atoms with Gasteiger partial charge in [-0.1, -0.05) is 0 Å². The van der Waals surface area contributed by atoms with Gasteiger partial charge in [-0.25, -0.2) is 13.4 Å². The van der Waals surface area contributed by atoms with Crippen LogP contribution < -0.4 is 5.73 Å². The maximum absolute atomic E-state index is 12.3. The summed E-state index contributed by atoms with van der Waals surface area (Å²) in [6.07, 6.45) is 3.84. The molecule has 6 nitrogen and oxygen atoms in total. The second-order valence-electron chi connectivity index (χ2n) is 4.77. The zero-order valence-electron chi connectivity index (χ0n) is 11.1. The third-order valence-corrected chi connectivity index (χ3v) is 5.22. The van der Waals surface area contributed by atoms with E-state index in [4.69, 9.17) is 5.73 Å². The quantitative estimate of drug-likeness (QED) is 0.845. The molecule has 0 atom stereocenters. The number of rotatable bonds is 5. The van der Waals surface area contributed by atoms with E-state index < -0.39 is 10.0 Å². The van der Waals surface area contributed by atoms with Gasteiger partial charge in [0.05, 0.1) is 5.69 Å². The van der Waals surface area contributed by atoms with Gasteiger partial charge in [0.2, 0.25) is 0 Å². The predicted molar refractivity (Wildman–Crippen MR) is 74.1 cm³/mol. The van der Waals surface area contributed by atoms with Gasteiger partial charge in [-0.15, -0.1) is 0 Å². The van der Waals surface area contributed by atoms with E-state index in [1.54, 1.807) is 19.2 Å². The Morgan fingerprint density at radius 1 is 1.42 bits per heavy atom. The summed E-state index contributed by atoms with van der Waals surface area (Å²) in [5.74, 6) is 0. The number of nitrogens with two attached hydrogens (primary N) is 1. The van der Waals surface area contributed by atoms with Crippen LogP contribution >= 0.6 is 0 Å². The molecule has 106 valence electrons. The summed E-state index contributed by atoms with van der Waals surface area (Å²) < 4.78 is 26.0. The topological polar surface area (TPSA) is 79.5 Å². The Bertz CT molecular complexity index is 526. The first-order valence-electron chi connectivity index (χ1n) is 6.41. The van der Waals surface area contributed by atoms with Crippen LogP contribution in [-0.4, -0.2) is 55.8 Å². The Morgan fingerprint density at radius 2 is 2.11 bits per heavy atom. The van der Waals surface area contributed by atoms with Gasteiger partial charge in [0.25, 0.3) is 10.0 Å². The van der Waals surface area contributed by atoms with Gasteiger partial charge in [-0.05, 0) is 38.1 Å². The molecular weight excluding hydrogens is 264 g/mol. The third-order valence-electron chi connectivity index (χ3n) is 3.39. The fraction of sp³-hybridized carbons (Fsp3) is 0.583. The minimum absolute atomic E-state index is 0.0566. The first-order valence-corrected chi connectivity index (χ1v) is 7.85. The van der Waals surface area contributed by atoms with Crippen molar-refractivity contribution in [3.8, 4) is 0 Å². The van der Waals surface area contributed by atoms with Crippen LogP contribution in [0.4, 0.5) is 5.69 Å². The standard InChI is InChI=1S/C12H20N4O2S/c1-15(9-10-16-7-2-3-8-16)19(17,18)12-11(13)5-4-6-14-12/h4-6H,2-3,7-10,13H2,1H3. The summed E-state index contributed by atoms with van der Waals surface area (Å²) in [6.45, 7) is 3.32. The molecule has 1 aromatic rings. The lowest BCUT2D eigenvalue weighted by atomic mass is 10.4. The van der Waals surface area contributed by atoms with Crippen LogP contribution in [0.3, 0.4) is 0 Å². The van der Waals surface area contributed by atoms with E-state index in [-0.39, 0.29) is 10.7 Å². The zero-order valence-corrected chi connectivity index (χ0v) is 11.9. The molecule has 1 aromatic heterocycles. The summed E-state index contributed by atoms with van der Waals surface area (Å²) in [6, 6.07) is 3.17. The number of hydrogen-bond acceptors (Lipinski definition) is 5. The van der Waals surface area contributed by atoms with Crippen LogP contribution in [0.2, 0.25) is 0 Å². The smallest absolute Gasteiger partial charge is 0.262 e. The summed E-state index contributed by atoms with van der Waals surface area (Å²) in [4.78, 5) is 6.15. The maximum Gasteiger partial charge on any atom is 0.262 e. The normalized spacial score (nSPS) is 17.2. The molecule has 7 heteroatoms. The molecule has 0 bridgehead atoms. The Hall–Kier alpha value is -1.18. The van der Waals surface area contributed by atoms with E-state index in [1.165, 1.54) is 23.3 Å². The fourth-order valence-electron chi connectivity index (χ4n) is 2.18. The van der Waals surface area contributed by atoms with Crippen molar-refractivity contribution in [2.24, 2.45) is 0 Å². The Morgan fingerprint density at radius 3 is 2.74 bits per heavy atom. The minimum Gasteiger partial charge on any atom is -0.396 e. The molecule has 0 spiro atoms. The third kappa shape index (κ3) is 3.23. The molecule has 0 amide bonds. The number of sulfonamides is 1. The molecule has 1 aliphatic heterocycles. The second kappa shape index (κ2) is 5.85. The summed E-state index contributed by atoms with van der Waals surface area (Å²) in [5.41, 5.74) is 5.87. The van der Waals surface area contributed by atoms with E-state index in [1.807, 2.05) is 0 Å². The van der Waals surface area contributed by atoms with Crippen molar-refractivity contribution in [1.82, 2.24) is 14.2 Å². The molecule has 2 N–H and O–H groups in total. The van der Waals surface area contributed by atoms with Crippen LogP contribution in [0, 0.1) is 0 Å². The van der Waals surface area contributed by atoms with Gasteiger partial charge in [-0.3, -0.25) is 0 Å². The van der Waals surface area contributed by atoms with Gasteiger partial charge in [0.15, 0.2) is 5.03 Å². The highest BCUT2D eigenvalue weighted by Crippen LogP contribution is 2.18. The zero-order chi connectivity index (χ0) is 13.9. The van der Waals surface area contributed by atoms with E-state index in [0.717, 1.165) is 19.6 Å². The van der Waals surface area contributed by atoms with Crippen LogP contribution in [0.1, 0.15) is 12.8 Å². The largest absolute Gasteiger partial charge is 0.396 e. The maximum atomic E-state index is 12.3. The second-order valence-corrected chi connectivity index (χ2v) is 6.73. The number of aromatic nitrogens is 1. The number of nitrogen functional groups attached to an aromatic ring is 1. The molecule has 2 heterocycles. The molecule has 0 aromatic carbocycles. The summed E-state index contributed by atoms with van der Waals surface area (Å²) >= 11 is 0. The average Bonchev–Trinajstić information content (AvgIpc) is 2.89. The Kier molecular flexibility index (Phi) is 4.38. The SMILES string of the molecule is CN(CCN1CCCC1)S(=O)(=O)c1ncccc1N. The molecule has 1 fully saturated rings. The molecule has 2 rings (SSSR count). The molecule has 0 radical (unpaired) electrons. The van der Waals surface area contributed by atoms with Crippen LogP contribution in [0.25, 0.3) is 0 Å². The van der Waals surface area contributed by atoms with Gasteiger partial charge >= 0.3 is 0 Å². The molecule has 1 saturated heterocycles.